The highest BCUT2D eigenvalue weighted by Crippen LogP contribution is 2.44. The van der Waals surface area contributed by atoms with Crippen molar-refractivity contribution in [3.8, 4) is 11.3 Å². The zero-order chi connectivity index (χ0) is 15.1. The Morgan fingerprint density at radius 2 is 2.23 bits per heavy atom. The van der Waals surface area contributed by atoms with Crippen LogP contribution in [0.4, 0.5) is 0 Å². The Labute approximate surface area is 129 Å². The number of likely N-dealkylation sites (tertiary alicyclic amines) is 1. The van der Waals surface area contributed by atoms with Crippen LogP contribution in [0.2, 0.25) is 0 Å². The normalized spacial score (nSPS) is 27.2. The minimum Gasteiger partial charge on any atom is -0.393 e. The summed E-state index contributed by atoms with van der Waals surface area (Å²) in [6.45, 7) is 9.04. The average molecular weight is 294 g/mol. The van der Waals surface area contributed by atoms with Gasteiger partial charge >= 0.3 is 0 Å². The summed E-state index contributed by atoms with van der Waals surface area (Å²) in [5.41, 5.74) is 3.59. The molecule has 1 saturated heterocycles. The van der Waals surface area contributed by atoms with E-state index < -0.39 is 0 Å². The number of fused-ring (bicyclic) bond motifs is 3. The molecule has 2 aromatic rings. The lowest BCUT2D eigenvalue weighted by Crippen LogP contribution is -2.46. The van der Waals surface area contributed by atoms with E-state index >= 15 is 0 Å². The van der Waals surface area contributed by atoms with Gasteiger partial charge in [-0.15, -0.1) is 0 Å². The molecule has 0 amide bonds. The number of nitrogens with zero attached hydrogens (tertiary/aromatic N) is 4. The minimum atomic E-state index is -0.339. The van der Waals surface area contributed by atoms with Crippen LogP contribution in [0, 0.1) is 12.5 Å². The molecule has 3 atom stereocenters. The van der Waals surface area contributed by atoms with Crippen LogP contribution in [0.3, 0.4) is 0 Å². The molecule has 4 rings (SSSR count). The summed E-state index contributed by atoms with van der Waals surface area (Å²) in [4.78, 5) is 9.93. The van der Waals surface area contributed by atoms with Gasteiger partial charge in [-0.3, -0.25) is 4.85 Å². The molecular formula is C17H18N4O. The second kappa shape index (κ2) is 5.24. The fourth-order valence-electron chi connectivity index (χ4n) is 3.89. The molecule has 1 fully saturated rings. The van der Waals surface area contributed by atoms with Crippen LogP contribution >= 0.6 is 0 Å². The molecule has 2 aliphatic rings. The van der Waals surface area contributed by atoms with E-state index in [0.717, 1.165) is 25.2 Å². The van der Waals surface area contributed by atoms with E-state index in [1.165, 1.54) is 11.1 Å². The molecule has 0 aliphatic carbocycles. The van der Waals surface area contributed by atoms with Crippen LogP contribution in [0.1, 0.15) is 18.0 Å². The van der Waals surface area contributed by atoms with Gasteiger partial charge in [-0.1, -0.05) is 24.3 Å². The number of aromatic nitrogens is 2. The highest BCUT2D eigenvalue weighted by molar-refractivity contribution is 5.69. The topological polar surface area (TPSA) is 45.6 Å². The van der Waals surface area contributed by atoms with Crippen molar-refractivity contribution in [1.82, 2.24) is 14.5 Å². The molecule has 2 aliphatic heterocycles. The third-order valence-corrected chi connectivity index (χ3v) is 4.90. The predicted molar refractivity (Wildman–Crippen MR) is 83.0 cm³/mol. The fourth-order valence-corrected chi connectivity index (χ4v) is 3.89. The Kier molecular flexibility index (Phi) is 3.21. The number of benzene rings is 1. The van der Waals surface area contributed by atoms with Crippen LogP contribution in [-0.4, -0.2) is 45.4 Å². The summed E-state index contributed by atoms with van der Waals surface area (Å²) in [5.74, 6) is 0.0899. The number of hydrogen-bond donors (Lipinski definition) is 1. The molecule has 1 aromatic carbocycles. The van der Waals surface area contributed by atoms with Crippen LogP contribution in [0.5, 0.6) is 0 Å². The van der Waals surface area contributed by atoms with Crippen LogP contribution in [0.25, 0.3) is 16.1 Å². The SMILES string of the molecule is [C-]#[N+]CN1CC[C@H](O)[C@@H]([C@@H]2c3ccccc3-c3cncn32)C1. The van der Waals surface area contributed by atoms with Crippen molar-refractivity contribution in [3.05, 3.63) is 53.8 Å². The first kappa shape index (κ1) is 13.5. The van der Waals surface area contributed by atoms with Crippen molar-refractivity contribution in [2.75, 3.05) is 19.8 Å². The van der Waals surface area contributed by atoms with E-state index in [1.807, 2.05) is 18.6 Å². The third kappa shape index (κ3) is 1.96. The first-order valence-electron chi connectivity index (χ1n) is 7.64. The molecule has 0 spiro atoms. The van der Waals surface area contributed by atoms with Gasteiger partial charge in [-0.25, -0.2) is 16.5 Å². The highest BCUT2D eigenvalue weighted by Gasteiger charge is 2.40. The van der Waals surface area contributed by atoms with E-state index in [1.54, 1.807) is 0 Å². The number of aliphatic hydroxyl groups is 1. The number of hydrogen-bond acceptors (Lipinski definition) is 3. The second-order valence-electron chi connectivity index (χ2n) is 6.11. The Balaban J connectivity index is 1.74. The average Bonchev–Trinajstić information content (AvgIpc) is 3.10. The number of imidazole rings is 1. The molecule has 3 heterocycles. The van der Waals surface area contributed by atoms with Gasteiger partial charge < -0.3 is 9.67 Å². The largest absolute Gasteiger partial charge is 0.393 e. The van der Waals surface area contributed by atoms with Gasteiger partial charge in [0.1, 0.15) is 0 Å². The van der Waals surface area contributed by atoms with Gasteiger partial charge in [0.25, 0.3) is 6.67 Å². The van der Waals surface area contributed by atoms with Crippen molar-refractivity contribution in [2.24, 2.45) is 5.92 Å². The molecule has 5 heteroatoms. The molecule has 1 aromatic heterocycles. The Hall–Kier alpha value is -2.16. The van der Waals surface area contributed by atoms with Gasteiger partial charge in [0.2, 0.25) is 0 Å². The van der Waals surface area contributed by atoms with Crippen LogP contribution in [0.15, 0.2) is 36.8 Å². The number of aliphatic hydroxyl groups excluding tert-OH is 1. The molecule has 5 nitrogen and oxygen atoms in total. The molecule has 112 valence electrons. The fraction of sp³-hybridized carbons (Fsp3) is 0.412. The third-order valence-electron chi connectivity index (χ3n) is 4.90. The van der Waals surface area contributed by atoms with Crippen LogP contribution < -0.4 is 0 Å². The maximum absolute atomic E-state index is 10.6. The summed E-state index contributed by atoms with van der Waals surface area (Å²) in [7, 11) is 0. The number of piperidine rings is 1. The van der Waals surface area contributed by atoms with Crippen LogP contribution in [-0.2, 0) is 0 Å². The monoisotopic (exact) mass is 294 g/mol. The molecule has 0 radical (unpaired) electrons. The highest BCUT2D eigenvalue weighted by atomic mass is 16.3. The van der Waals surface area contributed by atoms with Gasteiger partial charge in [0.15, 0.2) is 0 Å². The zero-order valence-electron chi connectivity index (χ0n) is 12.3. The summed E-state index contributed by atoms with van der Waals surface area (Å²) in [6, 6.07) is 8.47. The van der Waals surface area contributed by atoms with Crippen molar-refractivity contribution in [1.29, 1.82) is 0 Å². The first-order valence-corrected chi connectivity index (χ1v) is 7.64. The van der Waals surface area contributed by atoms with Gasteiger partial charge in [-0.05, 0) is 12.0 Å². The van der Waals surface area contributed by atoms with Gasteiger partial charge in [0.05, 0.1) is 30.4 Å². The van der Waals surface area contributed by atoms with E-state index in [4.69, 9.17) is 6.57 Å². The molecule has 0 unspecified atom stereocenters. The van der Waals surface area contributed by atoms with Crippen molar-refractivity contribution < 1.29 is 5.11 Å². The summed E-state index contributed by atoms with van der Waals surface area (Å²) >= 11 is 0. The van der Waals surface area contributed by atoms with Gasteiger partial charge in [-0.2, -0.15) is 0 Å². The Morgan fingerprint density at radius 1 is 1.36 bits per heavy atom. The molecule has 0 bridgehead atoms. The molecule has 22 heavy (non-hydrogen) atoms. The smallest absolute Gasteiger partial charge is 0.270 e. The number of rotatable bonds is 2. The predicted octanol–water partition coefficient (Wildman–Crippen LogP) is 2.01. The van der Waals surface area contributed by atoms with E-state index in [9.17, 15) is 5.11 Å². The maximum atomic E-state index is 10.6. The van der Waals surface area contributed by atoms with E-state index in [0.29, 0.717) is 6.67 Å². The molecule has 0 saturated carbocycles. The first-order chi connectivity index (χ1) is 10.8. The summed E-state index contributed by atoms with van der Waals surface area (Å²) in [5, 5.41) is 10.6. The van der Waals surface area contributed by atoms with E-state index in [2.05, 4.69) is 37.5 Å². The standard InChI is InChI=1S/C17H18N4O/c1-18-10-20-7-6-16(22)14(9-20)17-13-5-3-2-4-12(13)15-8-19-11-21(15)17/h2-5,8,11,14,16-17,22H,6-7,9-10H2/t14-,16-,17-/m0/s1. The maximum Gasteiger partial charge on any atom is 0.270 e. The lowest BCUT2D eigenvalue weighted by Gasteiger charge is -2.37. The molecular weight excluding hydrogens is 276 g/mol. The Morgan fingerprint density at radius 3 is 3.09 bits per heavy atom. The minimum absolute atomic E-state index is 0.0899. The van der Waals surface area contributed by atoms with Crippen molar-refractivity contribution in [3.63, 3.8) is 0 Å². The van der Waals surface area contributed by atoms with Gasteiger partial charge in [0, 0.05) is 24.6 Å². The second-order valence-corrected chi connectivity index (χ2v) is 6.11. The quantitative estimate of drug-likeness (QED) is 0.862. The lowest BCUT2D eigenvalue weighted by atomic mass is 9.84. The van der Waals surface area contributed by atoms with Crippen molar-refractivity contribution >= 4 is 0 Å². The van der Waals surface area contributed by atoms with Crippen molar-refractivity contribution in [2.45, 2.75) is 18.6 Å². The Bertz CT molecular complexity index is 732. The summed E-state index contributed by atoms with van der Waals surface area (Å²) < 4.78 is 2.18. The summed E-state index contributed by atoms with van der Waals surface area (Å²) in [6.07, 6.45) is 4.14. The molecule has 1 N–H and O–H groups in total. The zero-order valence-corrected chi connectivity index (χ0v) is 12.3. The van der Waals surface area contributed by atoms with E-state index in [-0.39, 0.29) is 18.1 Å². The lowest BCUT2D eigenvalue weighted by molar-refractivity contribution is 0.0142.